The van der Waals surface area contributed by atoms with Crippen molar-refractivity contribution in [3.63, 3.8) is 0 Å². The molecule has 90 valence electrons. The van der Waals surface area contributed by atoms with Crippen molar-refractivity contribution in [2.75, 3.05) is 27.2 Å². The number of hydrogen-bond donors (Lipinski definition) is 1. The number of nitrogens with zero attached hydrogens (tertiary/aromatic N) is 1. The smallest absolute Gasteiger partial charge is 0.251 e. The fraction of sp³-hybridized carbons (Fsp3) is 0.364. The van der Waals surface area contributed by atoms with E-state index in [0.717, 1.165) is 11.0 Å². The van der Waals surface area contributed by atoms with Gasteiger partial charge >= 0.3 is 0 Å². The van der Waals surface area contributed by atoms with Gasteiger partial charge in [0.2, 0.25) is 0 Å². The lowest BCUT2D eigenvalue weighted by Crippen LogP contribution is -2.31. The fourth-order valence-corrected chi connectivity index (χ4v) is 1.52. The highest BCUT2D eigenvalue weighted by molar-refractivity contribution is 9.10. The van der Waals surface area contributed by atoms with Gasteiger partial charge in [0.1, 0.15) is 0 Å². The normalized spacial score (nSPS) is 9.75. The summed E-state index contributed by atoms with van der Waals surface area (Å²) < 4.78 is 0.919. The molecule has 0 saturated heterocycles. The minimum absolute atomic E-state index is 0. The first-order chi connectivity index (χ1) is 7.09. The molecule has 0 radical (unpaired) electrons. The Labute approximate surface area is 111 Å². The third-order valence-electron chi connectivity index (χ3n) is 1.93. The fourth-order valence-electron chi connectivity index (χ4n) is 1.12. The second-order valence-electron chi connectivity index (χ2n) is 3.57. The third kappa shape index (κ3) is 5.49. The van der Waals surface area contributed by atoms with Gasteiger partial charge in [0.15, 0.2) is 0 Å². The summed E-state index contributed by atoms with van der Waals surface area (Å²) in [5.74, 6) is -0.0295. The Kier molecular flexibility index (Phi) is 7.38. The molecule has 1 aromatic rings. The van der Waals surface area contributed by atoms with E-state index < -0.39 is 0 Å². The molecule has 0 bridgehead atoms. The van der Waals surface area contributed by atoms with E-state index in [1.807, 2.05) is 37.2 Å². The molecule has 5 heteroatoms. The molecule has 3 nitrogen and oxygen atoms in total. The minimum atomic E-state index is -0.0295. The Hall–Kier alpha value is -0.580. The summed E-state index contributed by atoms with van der Waals surface area (Å²) in [5, 5.41) is 2.86. The van der Waals surface area contributed by atoms with Gasteiger partial charge in [0.25, 0.3) is 5.91 Å². The molecule has 16 heavy (non-hydrogen) atoms. The highest BCUT2D eigenvalue weighted by atomic mass is 79.9. The number of amides is 1. The first-order valence-electron chi connectivity index (χ1n) is 4.78. The molecule has 0 fully saturated rings. The van der Waals surface area contributed by atoms with Crippen LogP contribution in [0.3, 0.4) is 0 Å². The first kappa shape index (κ1) is 15.4. The molecule has 0 saturated carbocycles. The number of benzene rings is 1. The maximum atomic E-state index is 11.6. The largest absolute Gasteiger partial charge is 0.351 e. The number of nitrogens with one attached hydrogen (secondary N) is 1. The molecule has 0 aliphatic rings. The van der Waals surface area contributed by atoms with Gasteiger partial charge in [-0.15, -0.1) is 12.4 Å². The van der Waals surface area contributed by atoms with Gasteiger partial charge in [-0.2, -0.15) is 0 Å². The van der Waals surface area contributed by atoms with Crippen LogP contribution in [0.1, 0.15) is 10.4 Å². The molecule has 0 unspecified atom stereocenters. The molecule has 0 aromatic heterocycles. The molecule has 1 amide bonds. The molecule has 0 atom stereocenters. The molecule has 0 spiro atoms. The number of likely N-dealkylation sites (N-methyl/N-ethyl adjacent to an activating group) is 1. The Morgan fingerprint density at radius 2 is 2.12 bits per heavy atom. The monoisotopic (exact) mass is 306 g/mol. The van der Waals surface area contributed by atoms with Crippen molar-refractivity contribution in [3.05, 3.63) is 34.3 Å². The second kappa shape index (κ2) is 7.65. The summed E-state index contributed by atoms with van der Waals surface area (Å²) in [6.07, 6.45) is 0. The van der Waals surface area contributed by atoms with Crippen LogP contribution in [-0.4, -0.2) is 38.0 Å². The topological polar surface area (TPSA) is 32.3 Å². The maximum Gasteiger partial charge on any atom is 0.251 e. The summed E-state index contributed by atoms with van der Waals surface area (Å²) in [7, 11) is 3.95. The van der Waals surface area contributed by atoms with Gasteiger partial charge in [0, 0.05) is 23.1 Å². The average molecular weight is 308 g/mol. The van der Waals surface area contributed by atoms with Crippen molar-refractivity contribution in [1.29, 1.82) is 0 Å². The van der Waals surface area contributed by atoms with Crippen molar-refractivity contribution in [2.45, 2.75) is 0 Å². The molecule has 0 aliphatic carbocycles. The van der Waals surface area contributed by atoms with Gasteiger partial charge in [-0.3, -0.25) is 4.79 Å². The van der Waals surface area contributed by atoms with E-state index >= 15 is 0 Å². The van der Waals surface area contributed by atoms with E-state index in [9.17, 15) is 4.79 Å². The lowest BCUT2D eigenvalue weighted by atomic mass is 10.2. The van der Waals surface area contributed by atoms with Crippen molar-refractivity contribution in [3.8, 4) is 0 Å². The van der Waals surface area contributed by atoms with E-state index in [1.54, 1.807) is 6.07 Å². The summed E-state index contributed by atoms with van der Waals surface area (Å²) in [4.78, 5) is 13.7. The van der Waals surface area contributed by atoms with Crippen LogP contribution in [0.15, 0.2) is 28.7 Å². The Morgan fingerprint density at radius 3 is 2.69 bits per heavy atom. The van der Waals surface area contributed by atoms with Gasteiger partial charge in [-0.1, -0.05) is 22.0 Å². The number of halogens is 2. The minimum Gasteiger partial charge on any atom is -0.351 e. The zero-order valence-electron chi connectivity index (χ0n) is 9.37. The van der Waals surface area contributed by atoms with Gasteiger partial charge in [-0.05, 0) is 32.3 Å². The van der Waals surface area contributed by atoms with Crippen LogP contribution < -0.4 is 5.32 Å². The van der Waals surface area contributed by atoms with Crippen LogP contribution >= 0.6 is 28.3 Å². The van der Waals surface area contributed by atoms with Crippen molar-refractivity contribution < 1.29 is 4.79 Å². The first-order valence-corrected chi connectivity index (χ1v) is 5.57. The average Bonchev–Trinajstić information content (AvgIpc) is 2.17. The van der Waals surface area contributed by atoms with Crippen LogP contribution in [-0.2, 0) is 0 Å². The van der Waals surface area contributed by atoms with Crippen LogP contribution in [0.4, 0.5) is 0 Å². The molecular formula is C11H16BrClN2O. The van der Waals surface area contributed by atoms with E-state index in [-0.39, 0.29) is 18.3 Å². The van der Waals surface area contributed by atoms with E-state index in [0.29, 0.717) is 12.1 Å². The molecule has 1 rings (SSSR count). The SMILES string of the molecule is CN(C)CCNC(=O)c1cccc(Br)c1.Cl. The molecule has 0 heterocycles. The van der Waals surface area contributed by atoms with E-state index in [1.165, 1.54) is 0 Å². The molecule has 1 aromatic carbocycles. The Bertz CT molecular complexity index is 345. The van der Waals surface area contributed by atoms with Crippen molar-refractivity contribution >= 4 is 34.2 Å². The highest BCUT2D eigenvalue weighted by Crippen LogP contribution is 2.11. The van der Waals surface area contributed by atoms with Crippen LogP contribution in [0.25, 0.3) is 0 Å². The van der Waals surface area contributed by atoms with E-state index in [4.69, 9.17) is 0 Å². The van der Waals surface area contributed by atoms with Crippen LogP contribution in [0.5, 0.6) is 0 Å². The second-order valence-corrected chi connectivity index (χ2v) is 4.49. The summed E-state index contributed by atoms with van der Waals surface area (Å²) in [6.45, 7) is 1.51. The number of hydrogen-bond acceptors (Lipinski definition) is 2. The predicted octanol–water partition coefficient (Wildman–Crippen LogP) is 2.16. The lowest BCUT2D eigenvalue weighted by Gasteiger charge is -2.10. The zero-order chi connectivity index (χ0) is 11.3. The standard InChI is InChI=1S/C11H15BrN2O.ClH/c1-14(2)7-6-13-11(15)9-4-3-5-10(12)8-9;/h3-5,8H,6-7H2,1-2H3,(H,13,15);1H. The maximum absolute atomic E-state index is 11.6. The lowest BCUT2D eigenvalue weighted by molar-refractivity contribution is 0.0951. The van der Waals surface area contributed by atoms with E-state index in [2.05, 4.69) is 21.2 Å². The van der Waals surface area contributed by atoms with Crippen molar-refractivity contribution in [2.24, 2.45) is 0 Å². The summed E-state index contributed by atoms with van der Waals surface area (Å²) in [5.41, 5.74) is 0.683. The quantitative estimate of drug-likeness (QED) is 0.924. The molecule has 1 N–H and O–H groups in total. The van der Waals surface area contributed by atoms with Gasteiger partial charge < -0.3 is 10.2 Å². The Morgan fingerprint density at radius 1 is 1.44 bits per heavy atom. The summed E-state index contributed by atoms with van der Waals surface area (Å²) >= 11 is 3.33. The summed E-state index contributed by atoms with van der Waals surface area (Å²) in [6, 6.07) is 7.36. The van der Waals surface area contributed by atoms with Crippen molar-refractivity contribution in [1.82, 2.24) is 10.2 Å². The number of carbonyl (C=O) groups excluding carboxylic acids is 1. The van der Waals surface area contributed by atoms with Crippen LogP contribution in [0, 0.1) is 0 Å². The number of rotatable bonds is 4. The highest BCUT2D eigenvalue weighted by Gasteiger charge is 2.04. The van der Waals surface area contributed by atoms with Crippen LogP contribution in [0.2, 0.25) is 0 Å². The molecule has 0 aliphatic heterocycles. The van der Waals surface area contributed by atoms with Gasteiger partial charge in [0.05, 0.1) is 0 Å². The Balaban J connectivity index is 0.00000225. The number of carbonyl (C=O) groups is 1. The van der Waals surface area contributed by atoms with Gasteiger partial charge in [-0.25, -0.2) is 0 Å². The predicted molar refractivity (Wildman–Crippen MR) is 72.3 cm³/mol. The zero-order valence-corrected chi connectivity index (χ0v) is 11.8. The third-order valence-corrected chi connectivity index (χ3v) is 2.42. The molecular weight excluding hydrogens is 291 g/mol.